The molecule has 7 heteroatoms. The summed E-state index contributed by atoms with van der Waals surface area (Å²) in [7, 11) is 0. The van der Waals surface area contributed by atoms with Crippen molar-refractivity contribution in [1.29, 1.82) is 5.26 Å². The maximum Gasteiger partial charge on any atom is 0.254 e. The van der Waals surface area contributed by atoms with Crippen LogP contribution in [0.4, 0.5) is 11.6 Å². The van der Waals surface area contributed by atoms with Crippen LogP contribution in [0.3, 0.4) is 0 Å². The Hall–Kier alpha value is -3.14. The van der Waals surface area contributed by atoms with Gasteiger partial charge in [-0.05, 0) is 37.5 Å². The van der Waals surface area contributed by atoms with Crippen molar-refractivity contribution in [3.8, 4) is 6.07 Å². The van der Waals surface area contributed by atoms with Crippen molar-refractivity contribution in [1.82, 2.24) is 14.9 Å². The quantitative estimate of drug-likeness (QED) is 0.818. The highest BCUT2D eigenvalue weighted by atomic mass is 16.2. The number of benzene rings is 1. The Labute approximate surface area is 165 Å². The largest absolute Gasteiger partial charge is 0.356 e. The van der Waals surface area contributed by atoms with Gasteiger partial charge in [0, 0.05) is 50.9 Å². The molecule has 1 amide bonds. The minimum Gasteiger partial charge on any atom is -0.356 e. The highest BCUT2D eigenvalue weighted by molar-refractivity contribution is 5.94. The lowest BCUT2D eigenvalue weighted by atomic mass is 10.1. The smallest absolute Gasteiger partial charge is 0.254 e. The molecule has 28 heavy (non-hydrogen) atoms. The fraction of sp³-hybridized carbons (Fsp3) is 0.429. The molecule has 0 saturated carbocycles. The van der Waals surface area contributed by atoms with E-state index in [-0.39, 0.29) is 5.91 Å². The van der Waals surface area contributed by atoms with Crippen LogP contribution in [0.5, 0.6) is 0 Å². The first kappa shape index (κ1) is 18.2. The van der Waals surface area contributed by atoms with Crippen molar-refractivity contribution in [3.63, 3.8) is 0 Å². The number of amides is 1. The van der Waals surface area contributed by atoms with E-state index in [1.807, 2.05) is 4.90 Å². The second-order valence-electron chi connectivity index (χ2n) is 7.25. The molecule has 7 nitrogen and oxygen atoms in total. The third-order valence-corrected chi connectivity index (χ3v) is 5.45. The molecular formula is C21H24N6O. The number of piperazine rings is 1. The normalized spacial score (nSPS) is 17.3. The zero-order valence-corrected chi connectivity index (χ0v) is 15.9. The fourth-order valence-electron chi connectivity index (χ4n) is 3.85. The maximum atomic E-state index is 12.7. The molecule has 1 aromatic heterocycles. The van der Waals surface area contributed by atoms with Crippen LogP contribution in [-0.4, -0.2) is 60.0 Å². The first-order valence-corrected chi connectivity index (χ1v) is 9.86. The van der Waals surface area contributed by atoms with Crippen molar-refractivity contribution in [2.45, 2.75) is 19.3 Å². The summed E-state index contributed by atoms with van der Waals surface area (Å²) in [5, 5.41) is 9.03. The third-order valence-electron chi connectivity index (χ3n) is 5.45. The zero-order valence-electron chi connectivity index (χ0n) is 15.9. The molecule has 0 bridgehead atoms. The van der Waals surface area contributed by atoms with Gasteiger partial charge in [-0.15, -0.1) is 0 Å². The van der Waals surface area contributed by atoms with Gasteiger partial charge in [0.15, 0.2) is 0 Å². The summed E-state index contributed by atoms with van der Waals surface area (Å²) < 4.78 is 0. The second kappa shape index (κ2) is 8.26. The molecule has 3 heterocycles. The zero-order chi connectivity index (χ0) is 19.3. The average molecular weight is 376 g/mol. The van der Waals surface area contributed by atoms with Gasteiger partial charge in [-0.2, -0.15) is 5.26 Å². The Kier molecular flexibility index (Phi) is 5.38. The number of hydrogen-bond donors (Lipinski definition) is 0. The lowest BCUT2D eigenvalue weighted by molar-refractivity contribution is 0.0746. The molecule has 0 spiro atoms. The molecule has 0 aliphatic carbocycles. The highest BCUT2D eigenvalue weighted by Gasteiger charge is 2.24. The summed E-state index contributed by atoms with van der Waals surface area (Å²) in [5.41, 5.74) is 1.08. The van der Waals surface area contributed by atoms with Crippen molar-refractivity contribution in [2.24, 2.45) is 0 Å². The summed E-state index contributed by atoms with van der Waals surface area (Å²) in [6.07, 6.45) is 5.37. The van der Waals surface area contributed by atoms with Crippen LogP contribution < -0.4 is 9.80 Å². The molecule has 0 N–H and O–H groups in total. The number of hydrogen-bond acceptors (Lipinski definition) is 6. The van der Waals surface area contributed by atoms with Crippen molar-refractivity contribution in [2.75, 3.05) is 49.1 Å². The number of carbonyl (C=O) groups is 1. The van der Waals surface area contributed by atoms with E-state index in [1.54, 1.807) is 30.6 Å². The fourth-order valence-corrected chi connectivity index (χ4v) is 3.85. The van der Waals surface area contributed by atoms with Crippen molar-refractivity contribution >= 4 is 17.5 Å². The number of aromatic nitrogens is 2. The van der Waals surface area contributed by atoms with Crippen LogP contribution in [0.2, 0.25) is 0 Å². The van der Waals surface area contributed by atoms with E-state index in [2.05, 4.69) is 31.9 Å². The molecule has 2 aliphatic heterocycles. The summed E-state index contributed by atoms with van der Waals surface area (Å²) >= 11 is 0. The predicted octanol–water partition coefficient (Wildman–Crippen LogP) is 2.30. The summed E-state index contributed by atoms with van der Waals surface area (Å²) in [6, 6.07) is 11.1. The number of anilines is 2. The van der Waals surface area contributed by atoms with E-state index >= 15 is 0 Å². The SMILES string of the molecule is N#Cc1cccc(C(=O)N2CCN(c3cc(N4CCCCC4)ncn3)CC2)c1. The van der Waals surface area contributed by atoms with E-state index in [9.17, 15) is 4.79 Å². The molecule has 0 radical (unpaired) electrons. The van der Waals surface area contributed by atoms with Crippen LogP contribution in [0.25, 0.3) is 0 Å². The topological polar surface area (TPSA) is 76.4 Å². The van der Waals surface area contributed by atoms with Crippen LogP contribution in [0.15, 0.2) is 36.7 Å². The maximum absolute atomic E-state index is 12.7. The highest BCUT2D eigenvalue weighted by Crippen LogP contribution is 2.22. The van der Waals surface area contributed by atoms with Crippen molar-refractivity contribution < 1.29 is 4.79 Å². The predicted molar refractivity (Wildman–Crippen MR) is 107 cm³/mol. The molecule has 2 fully saturated rings. The molecule has 2 saturated heterocycles. The number of nitriles is 1. The van der Waals surface area contributed by atoms with E-state index in [0.29, 0.717) is 24.2 Å². The molecule has 144 valence electrons. The Bertz CT molecular complexity index is 878. The number of nitrogens with zero attached hydrogens (tertiary/aromatic N) is 6. The summed E-state index contributed by atoms with van der Waals surface area (Å²) in [5.74, 6) is 1.90. The van der Waals surface area contributed by atoms with Gasteiger partial charge in [0.1, 0.15) is 18.0 Å². The first-order chi connectivity index (χ1) is 13.7. The Morgan fingerprint density at radius 1 is 0.893 bits per heavy atom. The van der Waals surface area contributed by atoms with Crippen LogP contribution >= 0.6 is 0 Å². The van der Waals surface area contributed by atoms with Crippen LogP contribution in [-0.2, 0) is 0 Å². The summed E-state index contributed by atoms with van der Waals surface area (Å²) in [6.45, 7) is 4.86. The molecule has 2 aromatic rings. The molecular weight excluding hydrogens is 352 g/mol. The Morgan fingerprint density at radius 2 is 1.57 bits per heavy atom. The Morgan fingerprint density at radius 3 is 2.25 bits per heavy atom. The van der Waals surface area contributed by atoms with E-state index in [0.717, 1.165) is 37.8 Å². The molecule has 0 atom stereocenters. The van der Waals surface area contributed by atoms with Gasteiger partial charge >= 0.3 is 0 Å². The van der Waals surface area contributed by atoms with Gasteiger partial charge < -0.3 is 14.7 Å². The van der Waals surface area contributed by atoms with E-state index < -0.39 is 0 Å². The second-order valence-corrected chi connectivity index (χ2v) is 7.25. The van der Waals surface area contributed by atoms with Crippen LogP contribution in [0.1, 0.15) is 35.2 Å². The van der Waals surface area contributed by atoms with Gasteiger partial charge in [0.05, 0.1) is 11.6 Å². The monoisotopic (exact) mass is 376 g/mol. The molecule has 0 unspecified atom stereocenters. The standard InChI is InChI=1S/C21H24N6O/c22-15-17-5-4-6-18(13-17)21(28)27-11-9-26(10-12-27)20-14-19(23-16-24-20)25-7-2-1-3-8-25/h4-6,13-14,16H,1-3,7-12H2. The van der Waals surface area contributed by atoms with Crippen molar-refractivity contribution in [3.05, 3.63) is 47.8 Å². The van der Waals surface area contributed by atoms with Gasteiger partial charge in [-0.3, -0.25) is 4.79 Å². The summed E-state index contributed by atoms with van der Waals surface area (Å²) in [4.78, 5) is 28.0. The molecule has 4 rings (SSSR count). The number of rotatable bonds is 3. The van der Waals surface area contributed by atoms with E-state index in [1.165, 1.54) is 19.3 Å². The number of piperidine rings is 1. The lowest BCUT2D eigenvalue weighted by Gasteiger charge is -2.36. The third kappa shape index (κ3) is 3.91. The first-order valence-electron chi connectivity index (χ1n) is 9.86. The average Bonchev–Trinajstić information content (AvgIpc) is 2.79. The minimum atomic E-state index is -0.0200. The van der Waals surface area contributed by atoms with Gasteiger partial charge in [-0.1, -0.05) is 6.07 Å². The van der Waals surface area contributed by atoms with Gasteiger partial charge in [-0.25, -0.2) is 9.97 Å². The Balaban J connectivity index is 1.40. The minimum absolute atomic E-state index is 0.0200. The number of carbonyl (C=O) groups excluding carboxylic acids is 1. The van der Waals surface area contributed by atoms with E-state index in [4.69, 9.17) is 5.26 Å². The van der Waals surface area contributed by atoms with Crippen LogP contribution in [0, 0.1) is 11.3 Å². The van der Waals surface area contributed by atoms with Gasteiger partial charge in [0.25, 0.3) is 5.91 Å². The lowest BCUT2D eigenvalue weighted by Crippen LogP contribution is -2.49. The van der Waals surface area contributed by atoms with Gasteiger partial charge in [0.2, 0.25) is 0 Å². The molecule has 1 aromatic carbocycles. The molecule has 2 aliphatic rings.